The zero-order valence-corrected chi connectivity index (χ0v) is 10.7. The number of ether oxygens (including phenoxy) is 2. The molecule has 0 aromatic carbocycles. The molecule has 0 aromatic heterocycles. The van der Waals surface area contributed by atoms with E-state index in [4.69, 9.17) is 14.6 Å². The van der Waals surface area contributed by atoms with Crippen molar-refractivity contribution in [1.82, 2.24) is 0 Å². The third-order valence-electron chi connectivity index (χ3n) is 3.10. The molecule has 1 aliphatic heterocycles. The second-order valence-electron chi connectivity index (χ2n) is 4.63. The molecule has 5 atom stereocenters. The average Bonchev–Trinajstić information content (AvgIpc) is 2.66. The second kappa shape index (κ2) is 8.04. The summed E-state index contributed by atoms with van der Waals surface area (Å²) in [7, 11) is 0. The molecular weight excluding hydrogens is 240 g/mol. The van der Waals surface area contributed by atoms with Crippen LogP contribution in [-0.2, 0) is 9.47 Å². The third-order valence-corrected chi connectivity index (χ3v) is 3.10. The van der Waals surface area contributed by atoms with Gasteiger partial charge in [-0.25, -0.2) is 0 Å². The Balaban J connectivity index is 2.30. The standard InChI is InChI=1S/C12H24O6/c1-2-3-4-5-6-17-12-10(16)9(15)11(18-12)8(14)7-13/h8-16H,2-7H2,1H3/t8-,9+,10+,11-,12-/m0/s1. The molecule has 0 aromatic rings. The van der Waals surface area contributed by atoms with Crippen LogP contribution in [0.1, 0.15) is 32.6 Å². The lowest BCUT2D eigenvalue weighted by Gasteiger charge is -2.18. The fourth-order valence-corrected chi connectivity index (χ4v) is 1.96. The van der Waals surface area contributed by atoms with E-state index in [-0.39, 0.29) is 0 Å². The zero-order valence-electron chi connectivity index (χ0n) is 10.7. The Morgan fingerprint density at radius 1 is 1.17 bits per heavy atom. The summed E-state index contributed by atoms with van der Waals surface area (Å²) in [6, 6.07) is 0. The molecule has 1 aliphatic rings. The highest BCUT2D eigenvalue weighted by atomic mass is 16.7. The first-order valence-corrected chi connectivity index (χ1v) is 6.54. The summed E-state index contributed by atoms with van der Waals surface area (Å²) in [6.07, 6.45) is -1.43. The molecule has 0 saturated carbocycles. The first-order valence-electron chi connectivity index (χ1n) is 6.54. The molecule has 108 valence electrons. The lowest BCUT2D eigenvalue weighted by Crippen LogP contribution is -2.40. The molecule has 4 N–H and O–H groups in total. The highest BCUT2D eigenvalue weighted by Crippen LogP contribution is 2.24. The predicted molar refractivity (Wildman–Crippen MR) is 63.9 cm³/mol. The van der Waals surface area contributed by atoms with Gasteiger partial charge in [-0.2, -0.15) is 0 Å². The Kier molecular flexibility index (Phi) is 7.06. The van der Waals surface area contributed by atoms with E-state index in [9.17, 15) is 15.3 Å². The SMILES string of the molecule is CCCCCCO[C@H]1O[C@@H]([C@@H](O)CO)[C@H](O)[C@H]1O. The van der Waals surface area contributed by atoms with Gasteiger partial charge >= 0.3 is 0 Å². The van der Waals surface area contributed by atoms with Crippen molar-refractivity contribution in [3.63, 3.8) is 0 Å². The monoisotopic (exact) mass is 264 g/mol. The van der Waals surface area contributed by atoms with E-state index in [2.05, 4.69) is 6.92 Å². The van der Waals surface area contributed by atoms with Crippen LogP contribution in [-0.4, -0.2) is 64.3 Å². The molecule has 0 bridgehead atoms. The van der Waals surface area contributed by atoms with Gasteiger partial charge in [-0.05, 0) is 6.42 Å². The van der Waals surface area contributed by atoms with E-state index in [1.54, 1.807) is 0 Å². The lowest BCUT2D eigenvalue weighted by atomic mass is 10.1. The number of unbranched alkanes of at least 4 members (excludes halogenated alkanes) is 3. The number of hydrogen-bond donors (Lipinski definition) is 4. The summed E-state index contributed by atoms with van der Waals surface area (Å²) >= 11 is 0. The Morgan fingerprint density at radius 3 is 2.50 bits per heavy atom. The molecule has 1 rings (SSSR count). The van der Waals surface area contributed by atoms with Crippen LogP contribution in [0.3, 0.4) is 0 Å². The highest BCUT2D eigenvalue weighted by molar-refractivity contribution is 4.90. The Labute approximate surface area is 107 Å². The first-order chi connectivity index (χ1) is 8.61. The Bertz CT molecular complexity index is 225. The lowest BCUT2D eigenvalue weighted by molar-refractivity contribution is -0.181. The molecule has 6 heteroatoms. The van der Waals surface area contributed by atoms with Crippen molar-refractivity contribution >= 4 is 0 Å². The van der Waals surface area contributed by atoms with Gasteiger partial charge in [0.2, 0.25) is 0 Å². The molecular formula is C12H24O6. The fraction of sp³-hybridized carbons (Fsp3) is 1.00. The minimum Gasteiger partial charge on any atom is -0.394 e. The van der Waals surface area contributed by atoms with Crippen molar-refractivity contribution in [1.29, 1.82) is 0 Å². The van der Waals surface area contributed by atoms with Crippen molar-refractivity contribution in [3.05, 3.63) is 0 Å². The molecule has 18 heavy (non-hydrogen) atoms. The van der Waals surface area contributed by atoms with Crippen LogP contribution in [0.15, 0.2) is 0 Å². The summed E-state index contributed by atoms with van der Waals surface area (Å²) < 4.78 is 10.5. The third kappa shape index (κ3) is 4.15. The predicted octanol–water partition coefficient (Wildman–Crippen LogP) is -0.617. The topological polar surface area (TPSA) is 99.4 Å². The molecule has 0 aliphatic carbocycles. The molecule has 0 radical (unpaired) electrons. The van der Waals surface area contributed by atoms with Crippen molar-refractivity contribution in [3.8, 4) is 0 Å². The minimum atomic E-state index is -1.24. The Hall–Kier alpha value is -0.240. The van der Waals surface area contributed by atoms with Crippen molar-refractivity contribution in [2.24, 2.45) is 0 Å². The first kappa shape index (κ1) is 15.8. The van der Waals surface area contributed by atoms with Gasteiger partial charge in [0, 0.05) is 6.61 Å². The van der Waals surface area contributed by atoms with Gasteiger partial charge in [-0.1, -0.05) is 26.2 Å². The maximum atomic E-state index is 9.68. The maximum absolute atomic E-state index is 9.68. The van der Waals surface area contributed by atoms with Gasteiger partial charge in [0.25, 0.3) is 0 Å². The van der Waals surface area contributed by atoms with Crippen LogP contribution < -0.4 is 0 Å². The van der Waals surface area contributed by atoms with Crippen LogP contribution in [0, 0.1) is 0 Å². The van der Waals surface area contributed by atoms with Crippen LogP contribution in [0.4, 0.5) is 0 Å². The fourth-order valence-electron chi connectivity index (χ4n) is 1.96. The van der Waals surface area contributed by atoms with Crippen LogP contribution >= 0.6 is 0 Å². The normalized spacial score (nSPS) is 33.8. The molecule has 1 heterocycles. The van der Waals surface area contributed by atoms with Gasteiger partial charge < -0.3 is 29.9 Å². The summed E-state index contributed by atoms with van der Waals surface area (Å²) in [6.45, 7) is 2.02. The van der Waals surface area contributed by atoms with Crippen molar-refractivity contribution in [2.45, 2.75) is 63.3 Å². The second-order valence-corrected chi connectivity index (χ2v) is 4.63. The van der Waals surface area contributed by atoms with E-state index in [1.807, 2.05) is 0 Å². The van der Waals surface area contributed by atoms with Gasteiger partial charge in [0.1, 0.15) is 24.4 Å². The summed E-state index contributed by atoms with van der Waals surface area (Å²) in [5, 5.41) is 37.5. The molecule has 0 amide bonds. The Morgan fingerprint density at radius 2 is 1.89 bits per heavy atom. The van der Waals surface area contributed by atoms with E-state index in [0.29, 0.717) is 6.61 Å². The van der Waals surface area contributed by atoms with Gasteiger partial charge in [-0.15, -0.1) is 0 Å². The molecule has 6 nitrogen and oxygen atoms in total. The van der Waals surface area contributed by atoms with Gasteiger partial charge in [0.05, 0.1) is 6.61 Å². The summed E-state index contributed by atoms with van der Waals surface area (Å²) in [5.41, 5.74) is 0. The largest absolute Gasteiger partial charge is 0.394 e. The highest BCUT2D eigenvalue weighted by Gasteiger charge is 2.46. The van der Waals surface area contributed by atoms with Crippen molar-refractivity contribution in [2.75, 3.05) is 13.2 Å². The van der Waals surface area contributed by atoms with Gasteiger partial charge in [0.15, 0.2) is 6.29 Å². The minimum absolute atomic E-state index is 0.441. The van der Waals surface area contributed by atoms with Crippen LogP contribution in [0.25, 0.3) is 0 Å². The average molecular weight is 264 g/mol. The van der Waals surface area contributed by atoms with Crippen molar-refractivity contribution < 1.29 is 29.9 Å². The van der Waals surface area contributed by atoms with E-state index < -0.39 is 37.3 Å². The molecule has 1 saturated heterocycles. The smallest absolute Gasteiger partial charge is 0.186 e. The van der Waals surface area contributed by atoms with Crippen LogP contribution in [0.5, 0.6) is 0 Å². The van der Waals surface area contributed by atoms with E-state index >= 15 is 0 Å². The summed E-state index contributed by atoms with van der Waals surface area (Å²) in [5.74, 6) is 0. The number of aliphatic hydroxyl groups excluding tert-OH is 4. The quantitative estimate of drug-likeness (QED) is 0.436. The maximum Gasteiger partial charge on any atom is 0.186 e. The molecule has 0 unspecified atom stereocenters. The van der Waals surface area contributed by atoms with E-state index in [0.717, 1.165) is 25.7 Å². The van der Waals surface area contributed by atoms with Gasteiger partial charge in [-0.3, -0.25) is 0 Å². The summed E-state index contributed by atoms with van der Waals surface area (Å²) in [4.78, 5) is 0. The number of hydrogen-bond acceptors (Lipinski definition) is 6. The number of rotatable bonds is 8. The molecule has 0 spiro atoms. The molecule has 1 fully saturated rings. The zero-order chi connectivity index (χ0) is 13.5. The van der Waals surface area contributed by atoms with E-state index in [1.165, 1.54) is 0 Å². The number of aliphatic hydroxyl groups is 4. The van der Waals surface area contributed by atoms with Crippen LogP contribution in [0.2, 0.25) is 0 Å².